The molecule has 17 heavy (non-hydrogen) atoms. The largest absolute Gasteiger partial charge is 0.493 e. The molecule has 2 heterocycles. The number of thiophene rings is 1. The summed E-state index contributed by atoms with van der Waals surface area (Å²) >= 11 is 5.14. The summed E-state index contributed by atoms with van der Waals surface area (Å²) < 4.78 is 6.80. The normalized spacial score (nSPS) is 15.4. The highest BCUT2D eigenvalue weighted by atomic mass is 79.9. The Labute approximate surface area is 113 Å². The van der Waals surface area contributed by atoms with E-state index in [-0.39, 0.29) is 6.04 Å². The third-order valence-electron chi connectivity index (χ3n) is 2.98. The first-order chi connectivity index (χ1) is 8.25. The van der Waals surface area contributed by atoms with Gasteiger partial charge in [-0.15, -0.1) is 11.3 Å². The van der Waals surface area contributed by atoms with E-state index < -0.39 is 0 Å². The van der Waals surface area contributed by atoms with E-state index in [0.29, 0.717) is 0 Å². The van der Waals surface area contributed by atoms with E-state index in [4.69, 9.17) is 10.5 Å². The summed E-state index contributed by atoms with van der Waals surface area (Å²) in [6.45, 7) is 0.771. The first-order valence-corrected chi connectivity index (χ1v) is 7.12. The maximum atomic E-state index is 6.31. The molecule has 1 atom stereocenters. The summed E-state index contributed by atoms with van der Waals surface area (Å²) in [5.74, 6) is 0.990. The molecule has 3 rings (SSSR count). The lowest BCUT2D eigenvalue weighted by molar-refractivity contribution is 0.352. The number of rotatable bonds is 2. The van der Waals surface area contributed by atoms with E-state index >= 15 is 0 Å². The summed E-state index contributed by atoms with van der Waals surface area (Å²) in [6.07, 6.45) is 0.990. The molecular weight excluding hydrogens is 298 g/mol. The third kappa shape index (κ3) is 2.01. The van der Waals surface area contributed by atoms with Crippen molar-refractivity contribution in [1.29, 1.82) is 0 Å². The summed E-state index contributed by atoms with van der Waals surface area (Å²) in [4.78, 5) is 1.15. The minimum Gasteiger partial charge on any atom is -0.493 e. The van der Waals surface area contributed by atoms with Gasteiger partial charge in [0.15, 0.2) is 0 Å². The minimum atomic E-state index is -0.0978. The van der Waals surface area contributed by atoms with Gasteiger partial charge in [0.25, 0.3) is 0 Å². The fourth-order valence-electron chi connectivity index (χ4n) is 2.13. The first kappa shape index (κ1) is 11.3. The van der Waals surface area contributed by atoms with E-state index in [2.05, 4.69) is 40.2 Å². The van der Waals surface area contributed by atoms with Crippen LogP contribution in [0.5, 0.6) is 5.75 Å². The van der Waals surface area contributed by atoms with Gasteiger partial charge in [-0.3, -0.25) is 0 Å². The van der Waals surface area contributed by atoms with Crippen molar-refractivity contribution in [3.63, 3.8) is 0 Å². The van der Waals surface area contributed by atoms with Crippen molar-refractivity contribution in [1.82, 2.24) is 0 Å². The van der Waals surface area contributed by atoms with Crippen LogP contribution < -0.4 is 10.5 Å². The summed E-state index contributed by atoms with van der Waals surface area (Å²) in [7, 11) is 0. The van der Waals surface area contributed by atoms with Crippen molar-refractivity contribution < 1.29 is 4.74 Å². The number of benzene rings is 1. The maximum absolute atomic E-state index is 6.31. The molecule has 0 saturated heterocycles. The number of hydrogen-bond donors (Lipinski definition) is 1. The molecule has 2 aromatic rings. The predicted molar refractivity (Wildman–Crippen MR) is 73.7 cm³/mol. The SMILES string of the molecule is NC(c1ccc(Br)s1)c1cccc2c1OCC2. The molecule has 0 fully saturated rings. The first-order valence-electron chi connectivity index (χ1n) is 5.51. The molecule has 0 saturated carbocycles. The molecule has 88 valence electrons. The number of nitrogens with two attached hydrogens (primary N) is 1. The Bertz CT molecular complexity index is 552. The van der Waals surface area contributed by atoms with Gasteiger partial charge in [0.1, 0.15) is 5.75 Å². The lowest BCUT2D eigenvalue weighted by atomic mass is 10.0. The van der Waals surface area contributed by atoms with Crippen molar-refractivity contribution in [3.8, 4) is 5.75 Å². The van der Waals surface area contributed by atoms with E-state index in [1.54, 1.807) is 11.3 Å². The fraction of sp³-hybridized carbons (Fsp3) is 0.231. The van der Waals surface area contributed by atoms with Crippen molar-refractivity contribution in [2.24, 2.45) is 5.73 Å². The van der Waals surface area contributed by atoms with Crippen LogP contribution in [0.2, 0.25) is 0 Å². The molecule has 0 radical (unpaired) electrons. The van der Waals surface area contributed by atoms with Crippen molar-refractivity contribution >= 4 is 27.3 Å². The van der Waals surface area contributed by atoms with Gasteiger partial charge in [-0.05, 0) is 33.6 Å². The van der Waals surface area contributed by atoms with Crippen LogP contribution in [0.3, 0.4) is 0 Å². The lowest BCUT2D eigenvalue weighted by Gasteiger charge is -2.14. The standard InChI is InChI=1S/C13H12BrNOS/c14-11-5-4-10(17-11)12(15)9-3-1-2-8-6-7-16-13(8)9/h1-5,12H,6-7,15H2. The van der Waals surface area contributed by atoms with Crippen molar-refractivity contribution in [2.45, 2.75) is 12.5 Å². The van der Waals surface area contributed by atoms with Gasteiger partial charge < -0.3 is 10.5 Å². The molecule has 0 bridgehead atoms. The van der Waals surface area contributed by atoms with E-state index in [1.807, 2.05) is 6.07 Å². The highest BCUT2D eigenvalue weighted by Crippen LogP contribution is 2.37. The Kier molecular flexibility index (Phi) is 2.94. The van der Waals surface area contributed by atoms with Crippen LogP contribution in [0.1, 0.15) is 22.0 Å². The average molecular weight is 310 g/mol. The number of halogens is 1. The molecule has 1 aromatic carbocycles. The van der Waals surface area contributed by atoms with Gasteiger partial charge in [0.2, 0.25) is 0 Å². The van der Waals surface area contributed by atoms with Crippen LogP contribution in [0, 0.1) is 0 Å². The Morgan fingerprint density at radius 3 is 2.94 bits per heavy atom. The van der Waals surface area contributed by atoms with E-state index in [1.165, 1.54) is 5.56 Å². The number of fused-ring (bicyclic) bond motifs is 1. The summed E-state index contributed by atoms with van der Waals surface area (Å²) in [5, 5.41) is 0. The molecule has 0 spiro atoms. The molecule has 1 aliphatic rings. The fourth-order valence-corrected chi connectivity index (χ4v) is 3.58. The van der Waals surface area contributed by atoms with Gasteiger partial charge >= 0.3 is 0 Å². The van der Waals surface area contributed by atoms with Crippen LogP contribution in [-0.2, 0) is 6.42 Å². The monoisotopic (exact) mass is 309 g/mol. The van der Waals surface area contributed by atoms with Crippen molar-refractivity contribution in [3.05, 3.63) is 50.1 Å². The predicted octanol–water partition coefficient (Wildman–Crippen LogP) is 3.49. The second-order valence-electron chi connectivity index (χ2n) is 4.05. The molecule has 1 aliphatic heterocycles. The molecule has 2 nitrogen and oxygen atoms in total. The number of ether oxygens (including phenoxy) is 1. The maximum Gasteiger partial charge on any atom is 0.127 e. The van der Waals surface area contributed by atoms with Gasteiger partial charge in [-0.1, -0.05) is 18.2 Å². The van der Waals surface area contributed by atoms with E-state index in [0.717, 1.165) is 33.0 Å². The topological polar surface area (TPSA) is 35.2 Å². The van der Waals surface area contributed by atoms with Gasteiger partial charge in [0, 0.05) is 16.9 Å². The zero-order chi connectivity index (χ0) is 11.8. The lowest BCUT2D eigenvalue weighted by Crippen LogP contribution is -2.11. The highest BCUT2D eigenvalue weighted by molar-refractivity contribution is 9.11. The number of hydrogen-bond acceptors (Lipinski definition) is 3. The van der Waals surface area contributed by atoms with Crippen LogP contribution in [0.4, 0.5) is 0 Å². The van der Waals surface area contributed by atoms with Crippen LogP contribution >= 0.6 is 27.3 Å². The van der Waals surface area contributed by atoms with Crippen LogP contribution in [-0.4, -0.2) is 6.61 Å². The quantitative estimate of drug-likeness (QED) is 0.921. The Morgan fingerprint density at radius 1 is 1.29 bits per heavy atom. The molecular formula is C13H12BrNOS. The second-order valence-corrected chi connectivity index (χ2v) is 6.55. The Hall–Kier alpha value is -0.840. The van der Waals surface area contributed by atoms with Crippen LogP contribution in [0.15, 0.2) is 34.1 Å². The summed E-state index contributed by atoms with van der Waals surface area (Å²) in [5.41, 5.74) is 8.68. The van der Waals surface area contributed by atoms with Gasteiger partial charge in [-0.25, -0.2) is 0 Å². The summed E-state index contributed by atoms with van der Waals surface area (Å²) in [6, 6.07) is 10.2. The number of para-hydroxylation sites is 1. The van der Waals surface area contributed by atoms with Crippen LogP contribution in [0.25, 0.3) is 0 Å². The molecule has 0 aliphatic carbocycles. The van der Waals surface area contributed by atoms with Crippen molar-refractivity contribution in [2.75, 3.05) is 6.61 Å². The van der Waals surface area contributed by atoms with Gasteiger partial charge in [0.05, 0.1) is 16.4 Å². The average Bonchev–Trinajstić information content (AvgIpc) is 2.95. The zero-order valence-electron chi connectivity index (χ0n) is 9.15. The molecule has 1 aromatic heterocycles. The molecule has 1 unspecified atom stereocenters. The smallest absolute Gasteiger partial charge is 0.127 e. The Balaban J connectivity index is 2.02. The second kappa shape index (κ2) is 4.44. The Morgan fingerprint density at radius 2 is 2.18 bits per heavy atom. The highest BCUT2D eigenvalue weighted by Gasteiger charge is 2.21. The van der Waals surface area contributed by atoms with Gasteiger partial charge in [-0.2, -0.15) is 0 Å². The molecule has 0 amide bonds. The molecule has 4 heteroatoms. The minimum absolute atomic E-state index is 0.0978. The third-order valence-corrected chi connectivity index (χ3v) is 4.69. The zero-order valence-corrected chi connectivity index (χ0v) is 11.6. The van der Waals surface area contributed by atoms with E-state index in [9.17, 15) is 0 Å². The molecule has 2 N–H and O–H groups in total.